The molecule has 0 saturated carbocycles. The molecular weight excluding hydrogens is 228 g/mol. The Bertz CT molecular complexity index is 497. The van der Waals surface area contributed by atoms with Crippen LogP contribution in [0, 0.1) is 6.92 Å². The molecule has 1 aromatic heterocycles. The minimum atomic E-state index is 0.276. The van der Waals surface area contributed by atoms with Gasteiger partial charge in [-0.25, -0.2) is 0 Å². The van der Waals surface area contributed by atoms with Crippen LogP contribution in [0.25, 0.3) is 5.69 Å². The molecule has 0 aliphatic carbocycles. The Morgan fingerprint density at radius 1 is 1.44 bits per heavy atom. The van der Waals surface area contributed by atoms with Gasteiger partial charge >= 0.3 is 0 Å². The summed E-state index contributed by atoms with van der Waals surface area (Å²) in [5, 5.41) is 11.3. The van der Waals surface area contributed by atoms with Crippen molar-refractivity contribution in [3.8, 4) is 11.4 Å². The Kier molecular flexibility index (Phi) is 3.05. The van der Waals surface area contributed by atoms with Gasteiger partial charge in [0.2, 0.25) is 0 Å². The molecule has 0 aliphatic rings. The zero-order valence-corrected chi connectivity index (χ0v) is 9.77. The van der Waals surface area contributed by atoms with Gasteiger partial charge in [0.05, 0.1) is 18.7 Å². The summed E-state index contributed by atoms with van der Waals surface area (Å²) in [4.78, 5) is 0. The smallest absolute Gasteiger partial charge is 0.171 e. The third-order valence-corrected chi connectivity index (χ3v) is 2.52. The molecule has 0 spiro atoms. The summed E-state index contributed by atoms with van der Waals surface area (Å²) >= 11 is 5.73. The van der Waals surface area contributed by atoms with Crippen molar-refractivity contribution >= 4 is 11.6 Å². The largest absolute Gasteiger partial charge is 0.496 e. The van der Waals surface area contributed by atoms with E-state index < -0.39 is 0 Å². The number of tetrazole rings is 1. The molecule has 2 aromatic rings. The predicted octanol–water partition coefficient (Wildman–Crippen LogP) is 1.72. The number of aromatic nitrogens is 4. The van der Waals surface area contributed by atoms with Gasteiger partial charge in [0, 0.05) is 0 Å². The number of methoxy groups -OCH3 is 1. The molecule has 0 N–H and O–H groups in total. The molecule has 16 heavy (non-hydrogen) atoms. The van der Waals surface area contributed by atoms with E-state index in [1.54, 1.807) is 11.8 Å². The Balaban J connectivity index is 2.45. The number of hydrogen-bond acceptors (Lipinski definition) is 4. The summed E-state index contributed by atoms with van der Waals surface area (Å²) in [5.74, 6) is 1.73. The molecule has 0 aliphatic heterocycles. The van der Waals surface area contributed by atoms with Crippen molar-refractivity contribution in [3.05, 3.63) is 29.6 Å². The highest BCUT2D eigenvalue weighted by Crippen LogP contribution is 2.20. The first-order valence-corrected chi connectivity index (χ1v) is 5.28. The Morgan fingerprint density at radius 3 is 2.88 bits per heavy atom. The van der Waals surface area contributed by atoms with Crippen LogP contribution in [0.2, 0.25) is 0 Å². The van der Waals surface area contributed by atoms with Crippen molar-refractivity contribution in [2.24, 2.45) is 0 Å². The van der Waals surface area contributed by atoms with Gasteiger partial charge in [0.1, 0.15) is 5.75 Å². The van der Waals surface area contributed by atoms with E-state index in [2.05, 4.69) is 15.5 Å². The average molecular weight is 239 g/mol. The van der Waals surface area contributed by atoms with Crippen molar-refractivity contribution in [3.63, 3.8) is 0 Å². The van der Waals surface area contributed by atoms with Crippen LogP contribution in [0.5, 0.6) is 5.75 Å². The first kappa shape index (κ1) is 10.9. The average Bonchev–Trinajstić information content (AvgIpc) is 2.77. The van der Waals surface area contributed by atoms with Crippen molar-refractivity contribution in [2.45, 2.75) is 12.8 Å². The van der Waals surface area contributed by atoms with Crippen LogP contribution in [0.3, 0.4) is 0 Å². The molecule has 0 amide bonds. The number of halogens is 1. The van der Waals surface area contributed by atoms with Gasteiger partial charge in [-0.05, 0) is 41.1 Å². The van der Waals surface area contributed by atoms with E-state index >= 15 is 0 Å². The van der Waals surface area contributed by atoms with Crippen molar-refractivity contribution < 1.29 is 4.74 Å². The van der Waals surface area contributed by atoms with Gasteiger partial charge in [-0.2, -0.15) is 4.68 Å². The van der Waals surface area contributed by atoms with Gasteiger partial charge in [-0.3, -0.25) is 0 Å². The first-order valence-electron chi connectivity index (χ1n) is 4.74. The topological polar surface area (TPSA) is 52.8 Å². The maximum atomic E-state index is 5.73. The van der Waals surface area contributed by atoms with Gasteiger partial charge in [0.25, 0.3) is 0 Å². The second-order valence-electron chi connectivity index (χ2n) is 3.29. The highest BCUT2D eigenvalue weighted by Gasteiger charge is 2.08. The summed E-state index contributed by atoms with van der Waals surface area (Å²) in [5.41, 5.74) is 1.90. The van der Waals surface area contributed by atoms with Gasteiger partial charge < -0.3 is 4.74 Å². The van der Waals surface area contributed by atoms with Gasteiger partial charge in [0.15, 0.2) is 5.82 Å². The van der Waals surface area contributed by atoms with Crippen LogP contribution in [0.15, 0.2) is 18.2 Å². The van der Waals surface area contributed by atoms with Crippen molar-refractivity contribution in [1.82, 2.24) is 20.2 Å². The number of ether oxygens (including phenoxy) is 1. The van der Waals surface area contributed by atoms with Crippen molar-refractivity contribution in [1.29, 1.82) is 0 Å². The maximum absolute atomic E-state index is 5.73. The second-order valence-corrected chi connectivity index (χ2v) is 3.56. The molecule has 0 fully saturated rings. The molecule has 0 saturated heterocycles. The molecule has 1 heterocycles. The highest BCUT2D eigenvalue weighted by molar-refractivity contribution is 6.16. The summed E-state index contributed by atoms with van der Waals surface area (Å²) in [7, 11) is 1.64. The van der Waals surface area contributed by atoms with E-state index in [0.717, 1.165) is 17.0 Å². The molecule has 0 bridgehead atoms. The second kappa shape index (κ2) is 4.49. The molecule has 6 heteroatoms. The van der Waals surface area contributed by atoms with E-state index in [0.29, 0.717) is 5.82 Å². The zero-order valence-electron chi connectivity index (χ0n) is 9.01. The Hall–Kier alpha value is -1.62. The minimum absolute atomic E-state index is 0.276. The van der Waals surface area contributed by atoms with Crippen LogP contribution in [-0.2, 0) is 5.88 Å². The van der Waals surface area contributed by atoms with E-state index in [-0.39, 0.29) is 5.88 Å². The molecule has 0 unspecified atom stereocenters. The molecule has 0 radical (unpaired) electrons. The monoisotopic (exact) mass is 238 g/mol. The van der Waals surface area contributed by atoms with Crippen LogP contribution in [0.1, 0.15) is 11.4 Å². The van der Waals surface area contributed by atoms with E-state index in [9.17, 15) is 0 Å². The van der Waals surface area contributed by atoms with E-state index in [1.807, 2.05) is 25.1 Å². The number of aryl methyl sites for hydroxylation is 1. The van der Waals surface area contributed by atoms with Gasteiger partial charge in [-0.1, -0.05) is 0 Å². The molecule has 5 nitrogen and oxygen atoms in total. The fraction of sp³-hybridized carbons (Fsp3) is 0.300. The van der Waals surface area contributed by atoms with Crippen LogP contribution >= 0.6 is 11.6 Å². The standard InChI is InChI=1S/C10H11ClN4O/c1-7-5-8(3-4-9(7)16-2)15-10(6-11)12-13-14-15/h3-5H,6H2,1-2H3. The number of hydrogen-bond donors (Lipinski definition) is 0. The summed E-state index contributed by atoms with van der Waals surface area (Å²) in [6.07, 6.45) is 0. The summed E-state index contributed by atoms with van der Waals surface area (Å²) in [6.45, 7) is 1.97. The zero-order chi connectivity index (χ0) is 11.5. The number of nitrogens with zero attached hydrogens (tertiary/aromatic N) is 4. The fourth-order valence-corrected chi connectivity index (χ4v) is 1.65. The molecule has 0 atom stereocenters. The van der Waals surface area contributed by atoms with E-state index in [4.69, 9.17) is 16.3 Å². The summed E-state index contributed by atoms with van der Waals surface area (Å²) < 4.78 is 6.80. The quantitative estimate of drug-likeness (QED) is 0.764. The lowest BCUT2D eigenvalue weighted by Gasteiger charge is -2.07. The fourth-order valence-electron chi connectivity index (χ4n) is 1.48. The first-order chi connectivity index (χ1) is 7.76. The third-order valence-electron chi connectivity index (χ3n) is 2.28. The highest BCUT2D eigenvalue weighted by atomic mass is 35.5. The SMILES string of the molecule is COc1ccc(-n2nnnc2CCl)cc1C. The van der Waals surface area contributed by atoms with Gasteiger partial charge in [-0.15, -0.1) is 16.7 Å². The number of benzene rings is 1. The number of rotatable bonds is 3. The molecule has 84 valence electrons. The Morgan fingerprint density at radius 2 is 2.25 bits per heavy atom. The van der Waals surface area contributed by atoms with E-state index in [1.165, 1.54) is 0 Å². The summed E-state index contributed by atoms with van der Waals surface area (Å²) in [6, 6.07) is 5.72. The lowest BCUT2D eigenvalue weighted by Crippen LogP contribution is -2.02. The normalized spacial score (nSPS) is 10.4. The molecule has 1 aromatic carbocycles. The Labute approximate surface area is 98.0 Å². The third kappa shape index (κ3) is 1.86. The maximum Gasteiger partial charge on any atom is 0.171 e. The van der Waals surface area contributed by atoms with Crippen molar-refractivity contribution in [2.75, 3.05) is 7.11 Å². The van der Waals surface area contributed by atoms with Crippen LogP contribution in [-0.4, -0.2) is 27.3 Å². The molecular formula is C10H11ClN4O. The van der Waals surface area contributed by atoms with Crippen LogP contribution < -0.4 is 4.74 Å². The molecule has 2 rings (SSSR count). The predicted molar refractivity (Wildman–Crippen MR) is 60.0 cm³/mol. The number of alkyl halides is 1. The lowest BCUT2D eigenvalue weighted by atomic mass is 10.2. The van der Waals surface area contributed by atoms with Crippen LogP contribution in [0.4, 0.5) is 0 Å². The lowest BCUT2D eigenvalue weighted by molar-refractivity contribution is 0.411. The minimum Gasteiger partial charge on any atom is -0.496 e.